The Morgan fingerprint density at radius 2 is 0.855 bits per heavy atom. The maximum atomic E-state index is 12.6. The quantitative estimate of drug-likeness (QED) is 0.0716. The largest absolute Gasteiger partial charge is 0.489 e. The Balaban J connectivity index is 1.16. The Morgan fingerprint density at radius 3 is 1.35 bits per heavy atom. The molecule has 0 heterocycles. The fourth-order valence-corrected chi connectivity index (χ4v) is 6.66. The molecule has 0 saturated carbocycles. The summed E-state index contributed by atoms with van der Waals surface area (Å²) in [6.45, 7) is 5.88. The van der Waals surface area contributed by atoms with Gasteiger partial charge in [0.1, 0.15) is 49.4 Å². The standard InChI is InChI=1S/C47H44O8/c1-4-44(48)54-34(27-50-42-22-12-16-32-14-6-8-18-36(32)42)29-52-46-38-20-10-11-21-39(38)47(41-26-31(3)24-25-40(41)46)53-30-35(55-45(49)5-2)28-51-43-23-13-17-33-15-7-9-19-37(33)43/h6-26,34-35H,4-5,27-30H2,1-3H3. The highest BCUT2D eigenvalue weighted by molar-refractivity contribution is 6.11. The molecule has 0 spiro atoms. The van der Waals surface area contributed by atoms with Gasteiger partial charge >= 0.3 is 11.9 Å². The van der Waals surface area contributed by atoms with E-state index in [4.69, 9.17) is 28.4 Å². The number of aryl methyl sites for hydroxylation is 1. The summed E-state index contributed by atoms with van der Waals surface area (Å²) in [6, 6.07) is 41.7. The number of carbonyl (C=O) groups is 2. The van der Waals surface area contributed by atoms with Crippen molar-refractivity contribution in [2.45, 2.75) is 45.8 Å². The summed E-state index contributed by atoms with van der Waals surface area (Å²) in [5.41, 5.74) is 1.03. The van der Waals surface area contributed by atoms with Crippen LogP contribution >= 0.6 is 0 Å². The lowest BCUT2D eigenvalue weighted by atomic mass is 9.99. The van der Waals surface area contributed by atoms with Gasteiger partial charge in [-0.2, -0.15) is 0 Å². The van der Waals surface area contributed by atoms with Gasteiger partial charge in [0.2, 0.25) is 0 Å². The molecular weight excluding hydrogens is 693 g/mol. The summed E-state index contributed by atoms with van der Waals surface area (Å²) in [5, 5.41) is 7.35. The molecule has 2 atom stereocenters. The van der Waals surface area contributed by atoms with Crippen molar-refractivity contribution in [2.24, 2.45) is 0 Å². The molecule has 2 unspecified atom stereocenters. The molecule has 0 radical (unpaired) electrons. The molecule has 0 aliphatic heterocycles. The summed E-state index contributed by atoms with van der Waals surface area (Å²) >= 11 is 0. The highest BCUT2D eigenvalue weighted by Crippen LogP contribution is 2.43. The third kappa shape index (κ3) is 8.60. The topological polar surface area (TPSA) is 89.5 Å². The second-order valence-electron chi connectivity index (χ2n) is 13.4. The van der Waals surface area contributed by atoms with Crippen LogP contribution in [0.3, 0.4) is 0 Å². The first kappa shape index (κ1) is 37.1. The van der Waals surface area contributed by atoms with E-state index in [9.17, 15) is 9.59 Å². The molecule has 0 fully saturated rings. The van der Waals surface area contributed by atoms with Crippen molar-refractivity contribution >= 4 is 55.0 Å². The van der Waals surface area contributed by atoms with Gasteiger partial charge in [-0.25, -0.2) is 0 Å². The number of hydrogen-bond donors (Lipinski definition) is 0. The number of rotatable bonds is 16. The molecule has 7 aromatic rings. The monoisotopic (exact) mass is 736 g/mol. The Hall–Kier alpha value is -6.28. The molecule has 0 aliphatic rings. The first-order chi connectivity index (χ1) is 26.9. The normalized spacial score (nSPS) is 12.3. The summed E-state index contributed by atoms with van der Waals surface area (Å²) in [7, 11) is 0. The summed E-state index contributed by atoms with van der Waals surface area (Å²) in [4.78, 5) is 25.2. The SMILES string of the molecule is CCC(=O)OC(COc1cccc2ccccc12)COc1c2ccccc2c(OCC(COc2cccc3ccccc23)OC(=O)CC)c2cc(C)ccc12. The van der Waals surface area contributed by atoms with Crippen LogP contribution in [0.5, 0.6) is 23.0 Å². The van der Waals surface area contributed by atoms with Gasteiger partial charge < -0.3 is 28.4 Å². The fraction of sp³-hybridized carbons (Fsp3) is 0.234. The molecule has 8 heteroatoms. The first-order valence-corrected chi connectivity index (χ1v) is 18.7. The van der Waals surface area contributed by atoms with Gasteiger partial charge in [-0.15, -0.1) is 0 Å². The van der Waals surface area contributed by atoms with E-state index >= 15 is 0 Å². The zero-order chi connectivity index (χ0) is 38.1. The van der Waals surface area contributed by atoms with Gasteiger partial charge in [-0.05, 0) is 35.9 Å². The van der Waals surface area contributed by atoms with E-state index < -0.39 is 12.2 Å². The minimum absolute atomic E-state index is 0.0598. The maximum absolute atomic E-state index is 12.6. The Morgan fingerprint density at radius 1 is 0.455 bits per heavy atom. The Labute approximate surface area is 320 Å². The molecule has 0 saturated heterocycles. The number of esters is 2. The Bertz CT molecular complexity index is 2440. The van der Waals surface area contributed by atoms with Gasteiger partial charge in [-0.3, -0.25) is 9.59 Å². The Kier molecular flexibility index (Phi) is 11.6. The van der Waals surface area contributed by atoms with E-state index in [-0.39, 0.29) is 51.2 Å². The van der Waals surface area contributed by atoms with Gasteiger partial charge in [0.15, 0.2) is 12.2 Å². The third-order valence-electron chi connectivity index (χ3n) is 9.43. The van der Waals surface area contributed by atoms with Crippen LogP contribution in [0.2, 0.25) is 0 Å². The van der Waals surface area contributed by atoms with Crippen LogP contribution < -0.4 is 18.9 Å². The fourth-order valence-electron chi connectivity index (χ4n) is 6.66. The minimum Gasteiger partial charge on any atom is -0.489 e. The van der Waals surface area contributed by atoms with E-state index in [2.05, 4.69) is 6.07 Å². The van der Waals surface area contributed by atoms with Crippen LogP contribution in [-0.4, -0.2) is 50.6 Å². The average molecular weight is 737 g/mol. The zero-order valence-electron chi connectivity index (χ0n) is 31.3. The van der Waals surface area contributed by atoms with Crippen molar-refractivity contribution in [3.63, 3.8) is 0 Å². The molecule has 0 N–H and O–H groups in total. The molecular formula is C47H44O8. The van der Waals surface area contributed by atoms with Crippen molar-refractivity contribution in [3.8, 4) is 23.0 Å². The minimum atomic E-state index is -0.684. The summed E-state index contributed by atoms with van der Waals surface area (Å²) in [5.74, 6) is 1.99. The zero-order valence-corrected chi connectivity index (χ0v) is 31.3. The average Bonchev–Trinajstić information content (AvgIpc) is 3.22. The van der Waals surface area contributed by atoms with Crippen LogP contribution in [0, 0.1) is 6.92 Å². The second kappa shape index (κ2) is 17.2. The highest BCUT2D eigenvalue weighted by Gasteiger charge is 2.23. The molecule has 8 nitrogen and oxygen atoms in total. The number of carbonyl (C=O) groups excluding carboxylic acids is 2. The first-order valence-electron chi connectivity index (χ1n) is 18.7. The van der Waals surface area contributed by atoms with Gasteiger partial charge in [-0.1, -0.05) is 129 Å². The predicted molar refractivity (Wildman–Crippen MR) is 216 cm³/mol. The molecule has 55 heavy (non-hydrogen) atoms. The van der Waals surface area contributed by atoms with Gasteiger partial charge in [0.05, 0.1) is 0 Å². The van der Waals surface area contributed by atoms with Crippen molar-refractivity contribution < 1.29 is 38.0 Å². The van der Waals surface area contributed by atoms with Crippen LogP contribution in [0.25, 0.3) is 43.1 Å². The van der Waals surface area contributed by atoms with Crippen molar-refractivity contribution in [1.82, 2.24) is 0 Å². The number of hydrogen-bond acceptors (Lipinski definition) is 8. The van der Waals surface area contributed by atoms with E-state index in [0.29, 0.717) is 23.0 Å². The van der Waals surface area contributed by atoms with Gasteiger partial charge in [0, 0.05) is 45.2 Å². The maximum Gasteiger partial charge on any atom is 0.306 e. The predicted octanol–water partition coefficient (Wildman–Crippen LogP) is 10.2. The van der Waals surface area contributed by atoms with Crippen LogP contribution in [0.15, 0.2) is 127 Å². The summed E-state index contributed by atoms with van der Waals surface area (Å²) < 4.78 is 37.5. The number of benzene rings is 7. The smallest absolute Gasteiger partial charge is 0.306 e. The molecule has 0 amide bonds. The van der Waals surface area contributed by atoms with Crippen LogP contribution in [0.4, 0.5) is 0 Å². The molecule has 0 bridgehead atoms. The van der Waals surface area contributed by atoms with E-state index in [1.807, 2.05) is 128 Å². The van der Waals surface area contributed by atoms with E-state index in [1.54, 1.807) is 13.8 Å². The van der Waals surface area contributed by atoms with Gasteiger partial charge in [0.25, 0.3) is 0 Å². The molecule has 0 aliphatic carbocycles. The van der Waals surface area contributed by atoms with E-state index in [1.165, 1.54) is 0 Å². The number of fused-ring (bicyclic) bond motifs is 4. The van der Waals surface area contributed by atoms with Crippen LogP contribution in [-0.2, 0) is 19.1 Å². The molecule has 7 rings (SSSR count). The summed E-state index contributed by atoms with van der Waals surface area (Å²) in [6.07, 6.45) is -0.915. The molecule has 0 aromatic heterocycles. The number of ether oxygens (including phenoxy) is 6. The van der Waals surface area contributed by atoms with Crippen molar-refractivity contribution in [1.29, 1.82) is 0 Å². The highest BCUT2D eigenvalue weighted by atomic mass is 16.6. The van der Waals surface area contributed by atoms with Crippen molar-refractivity contribution in [3.05, 3.63) is 133 Å². The van der Waals surface area contributed by atoms with E-state index in [0.717, 1.165) is 48.7 Å². The molecule has 7 aromatic carbocycles. The lowest BCUT2D eigenvalue weighted by molar-refractivity contribution is -0.152. The lowest BCUT2D eigenvalue weighted by Gasteiger charge is -2.23. The molecule has 280 valence electrons. The third-order valence-corrected chi connectivity index (χ3v) is 9.43. The second-order valence-corrected chi connectivity index (χ2v) is 13.4. The van der Waals surface area contributed by atoms with Crippen LogP contribution in [0.1, 0.15) is 32.3 Å². The van der Waals surface area contributed by atoms with Crippen molar-refractivity contribution in [2.75, 3.05) is 26.4 Å². The lowest BCUT2D eigenvalue weighted by Crippen LogP contribution is -2.31.